The highest BCUT2D eigenvalue weighted by molar-refractivity contribution is 7.88. The van der Waals surface area contributed by atoms with Crippen LogP contribution in [0.2, 0.25) is 0 Å². The number of hydrogen-bond donors (Lipinski definition) is 0. The second-order valence-electron chi connectivity index (χ2n) is 4.00. The van der Waals surface area contributed by atoms with Crippen molar-refractivity contribution in [3.05, 3.63) is 41.3 Å². The van der Waals surface area contributed by atoms with Crippen molar-refractivity contribution in [2.45, 2.75) is 38.2 Å². The highest BCUT2D eigenvalue weighted by atomic mass is 32.2. The predicted molar refractivity (Wildman–Crippen MR) is 72.6 cm³/mol. The molecule has 18 heavy (non-hydrogen) atoms. The van der Waals surface area contributed by atoms with Gasteiger partial charge in [0.1, 0.15) is 6.10 Å². The maximum absolute atomic E-state index is 11.9. The van der Waals surface area contributed by atoms with Crippen LogP contribution in [0.5, 0.6) is 0 Å². The number of benzene rings is 1. The summed E-state index contributed by atoms with van der Waals surface area (Å²) in [6, 6.07) is 7.51. The van der Waals surface area contributed by atoms with Gasteiger partial charge in [-0.1, -0.05) is 24.6 Å². The van der Waals surface area contributed by atoms with Crippen molar-refractivity contribution in [1.82, 2.24) is 0 Å². The van der Waals surface area contributed by atoms with Crippen LogP contribution in [0.1, 0.15) is 25.8 Å². The molecule has 0 radical (unpaired) electrons. The van der Waals surface area contributed by atoms with Crippen LogP contribution in [0.25, 0.3) is 0 Å². The maximum atomic E-state index is 11.9. The molecule has 0 bridgehead atoms. The van der Waals surface area contributed by atoms with Crippen LogP contribution in [-0.2, 0) is 20.3 Å². The second kappa shape index (κ2) is 7.11. The van der Waals surface area contributed by atoms with Crippen LogP contribution in [0.3, 0.4) is 0 Å². The summed E-state index contributed by atoms with van der Waals surface area (Å²) in [4.78, 5) is 11.6. The molecule has 1 unspecified atom stereocenters. The molecule has 0 N–H and O–H groups in total. The molecule has 98 valence electrons. The summed E-state index contributed by atoms with van der Waals surface area (Å²) in [7, 11) is -1.20. The third-order valence-corrected chi connectivity index (χ3v) is 3.53. The topological polar surface area (TPSA) is 43.4 Å². The fraction of sp³-hybridized carbons (Fsp3) is 0.357. The first-order chi connectivity index (χ1) is 8.52. The number of aryl methyl sites for hydroxylation is 1. The van der Waals surface area contributed by atoms with Gasteiger partial charge in [-0.05, 0) is 31.6 Å². The first-order valence-electron chi connectivity index (χ1n) is 5.85. The van der Waals surface area contributed by atoms with E-state index >= 15 is 0 Å². The SMILES string of the molecule is CC[C@H](/C=C/S(=O)c1ccc(C)cc1)OC(C)=O. The highest BCUT2D eigenvalue weighted by Gasteiger charge is 2.06. The Hall–Kier alpha value is -1.42. The zero-order valence-electron chi connectivity index (χ0n) is 10.9. The number of hydrogen-bond acceptors (Lipinski definition) is 3. The lowest BCUT2D eigenvalue weighted by molar-refractivity contribution is -0.144. The third-order valence-electron chi connectivity index (χ3n) is 2.39. The lowest BCUT2D eigenvalue weighted by atomic mass is 10.2. The van der Waals surface area contributed by atoms with E-state index in [-0.39, 0.29) is 12.1 Å². The van der Waals surface area contributed by atoms with Gasteiger partial charge in [0.2, 0.25) is 0 Å². The van der Waals surface area contributed by atoms with Crippen LogP contribution >= 0.6 is 0 Å². The van der Waals surface area contributed by atoms with Gasteiger partial charge < -0.3 is 4.74 Å². The Bertz CT molecular complexity index is 449. The molecule has 1 rings (SSSR count). The lowest BCUT2D eigenvalue weighted by Gasteiger charge is -2.09. The molecule has 3 nitrogen and oxygen atoms in total. The third kappa shape index (κ3) is 4.84. The fourth-order valence-electron chi connectivity index (χ4n) is 1.38. The predicted octanol–water partition coefficient (Wildman–Crippen LogP) is 2.96. The van der Waals surface area contributed by atoms with Gasteiger partial charge in [0, 0.05) is 17.2 Å². The second-order valence-corrected chi connectivity index (χ2v) is 5.33. The summed E-state index contributed by atoms with van der Waals surface area (Å²) >= 11 is 0. The number of rotatable bonds is 5. The molecular formula is C14H18O3S. The van der Waals surface area contributed by atoms with Gasteiger partial charge in [-0.15, -0.1) is 0 Å². The van der Waals surface area contributed by atoms with E-state index in [1.54, 1.807) is 11.5 Å². The zero-order valence-corrected chi connectivity index (χ0v) is 11.7. The highest BCUT2D eigenvalue weighted by Crippen LogP contribution is 2.10. The van der Waals surface area contributed by atoms with Crippen molar-refractivity contribution >= 4 is 16.8 Å². The van der Waals surface area contributed by atoms with Gasteiger partial charge in [0.25, 0.3) is 0 Å². The Balaban J connectivity index is 2.68. The number of esters is 1. The van der Waals surface area contributed by atoms with E-state index in [0.29, 0.717) is 6.42 Å². The summed E-state index contributed by atoms with van der Waals surface area (Å²) in [5.41, 5.74) is 1.13. The van der Waals surface area contributed by atoms with Crippen molar-refractivity contribution < 1.29 is 13.7 Å². The molecule has 0 aliphatic carbocycles. The molecule has 0 aliphatic heterocycles. The van der Waals surface area contributed by atoms with Crippen molar-refractivity contribution in [3.8, 4) is 0 Å². The molecule has 0 aromatic heterocycles. The Labute approximate surface area is 110 Å². The summed E-state index contributed by atoms with van der Waals surface area (Å²) in [6.07, 6.45) is 2.04. The molecular weight excluding hydrogens is 248 g/mol. The summed E-state index contributed by atoms with van der Waals surface area (Å²) in [5.74, 6) is -0.326. The molecule has 0 amide bonds. The zero-order chi connectivity index (χ0) is 13.5. The van der Waals surface area contributed by atoms with Gasteiger partial charge in [-0.3, -0.25) is 4.79 Å². The molecule has 0 saturated heterocycles. The van der Waals surface area contributed by atoms with Gasteiger partial charge in [0.05, 0.1) is 10.8 Å². The largest absolute Gasteiger partial charge is 0.458 e. The Morgan fingerprint density at radius 3 is 2.50 bits per heavy atom. The van der Waals surface area contributed by atoms with Gasteiger partial charge in [-0.25, -0.2) is 4.21 Å². The van der Waals surface area contributed by atoms with E-state index in [9.17, 15) is 9.00 Å². The fourth-order valence-corrected chi connectivity index (χ4v) is 2.26. The Morgan fingerprint density at radius 2 is 2.00 bits per heavy atom. The minimum atomic E-state index is -1.20. The van der Waals surface area contributed by atoms with E-state index in [1.165, 1.54) is 6.92 Å². The van der Waals surface area contributed by atoms with Crippen molar-refractivity contribution in [2.75, 3.05) is 0 Å². The molecule has 0 aliphatic rings. The lowest BCUT2D eigenvalue weighted by Crippen LogP contribution is -2.12. The van der Waals surface area contributed by atoms with Crippen LogP contribution < -0.4 is 0 Å². The maximum Gasteiger partial charge on any atom is 0.303 e. The first kappa shape index (κ1) is 14.6. The average Bonchev–Trinajstić information content (AvgIpc) is 2.34. The van der Waals surface area contributed by atoms with Crippen LogP contribution in [-0.4, -0.2) is 16.3 Å². The van der Waals surface area contributed by atoms with E-state index in [2.05, 4.69) is 0 Å². The molecule has 1 aromatic rings. The number of ether oxygens (including phenoxy) is 1. The number of carbonyl (C=O) groups is 1. The summed E-state index contributed by atoms with van der Waals surface area (Å²) in [5, 5.41) is 1.57. The molecule has 0 saturated carbocycles. The number of carbonyl (C=O) groups excluding carboxylic acids is 1. The van der Waals surface area contributed by atoms with E-state index < -0.39 is 10.8 Å². The quantitative estimate of drug-likeness (QED) is 0.770. The van der Waals surface area contributed by atoms with Crippen molar-refractivity contribution in [3.63, 3.8) is 0 Å². The normalized spacial score (nSPS) is 14.4. The molecule has 4 heteroatoms. The first-order valence-corrected chi connectivity index (χ1v) is 7.07. The minimum Gasteiger partial charge on any atom is -0.458 e. The smallest absolute Gasteiger partial charge is 0.303 e. The monoisotopic (exact) mass is 266 g/mol. The Morgan fingerprint density at radius 1 is 1.39 bits per heavy atom. The van der Waals surface area contributed by atoms with Gasteiger partial charge in [-0.2, -0.15) is 0 Å². The van der Waals surface area contributed by atoms with E-state index in [0.717, 1.165) is 10.5 Å². The van der Waals surface area contributed by atoms with E-state index in [1.807, 2.05) is 38.1 Å². The Kier molecular flexibility index (Phi) is 5.78. The van der Waals surface area contributed by atoms with Crippen LogP contribution in [0.15, 0.2) is 40.6 Å². The van der Waals surface area contributed by atoms with Crippen molar-refractivity contribution in [1.29, 1.82) is 0 Å². The standard InChI is InChI=1S/C14H18O3S/c1-4-13(17-12(3)15)9-10-18(16)14-7-5-11(2)6-8-14/h5-10,13H,4H2,1-3H3/b10-9+/t13-,18?/m1/s1. The van der Waals surface area contributed by atoms with Gasteiger partial charge in [0.15, 0.2) is 0 Å². The minimum absolute atomic E-state index is 0.308. The van der Waals surface area contributed by atoms with Crippen molar-refractivity contribution in [2.24, 2.45) is 0 Å². The summed E-state index contributed by atoms with van der Waals surface area (Å²) in [6.45, 7) is 5.26. The molecule has 0 heterocycles. The average molecular weight is 266 g/mol. The van der Waals surface area contributed by atoms with Crippen LogP contribution in [0.4, 0.5) is 0 Å². The summed E-state index contributed by atoms with van der Waals surface area (Å²) < 4.78 is 17.0. The molecule has 1 aromatic carbocycles. The molecule has 2 atom stereocenters. The van der Waals surface area contributed by atoms with Gasteiger partial charge >= 0.3 is 5.97 Å². The van der Waals surface area contributed by atoms with Crippen LogP contribution in [0, 0.1) is 6.92 Å². The van der Waals surface area contributed by atoms with E-state index in [4.69, 9.17) is 4.74 Å². The molecule has 0 fully saturated rings. The molecule has 0 spiro atoms.